The number of methoxy groups -OCH3 is 1. The fourth-order valence-corrected chi connectivity index (χ4v) is 2.85. The van der Waals surface area contributed by atoms with Gasteiger partial charge in [0.25, 0.3) is 5.69 Å². The van der Waals surface area contributed by atoms with Crippen LogP contribution in [0.3, 0.4) is 0 Å². The topological polar surface area (TPSA) is 94.4 Å². The number of halogens is 1. The minimum atomic E-state index is -0.676. The number of ether oxygens (including phenoxy) is 1. The van der Waals surface area contributed by atoms with Gasteiger partial charge in [0.2, 0.25) is 0 Å². The molecule has 0 saturated carbocycles. The summed E-state index contributed by atoms with van der Waals surface area (Å²) in [4.78, 5) is 27.1. The lowest BCUT2D eigenvalue weighted by molar-refractivity contribution is -0.383. The van der Waals surface area contributed by atoms with E-state index in [4.69, 9.17) is 4.74 Å². The van der Waals surface area contributed by atoms with Gasteiger partial charge in [-0.1, -0.05) is 12.1 Å². The lowest BCUT2D eigenvalue weighted by Crippen LogP contribution is -2.22. The third kappa shape index (κ3) is 3.84. The molecule has 7 nitrogen and oxygen atoms in total. The van der Waals surface area contributed by atoms with Crippen molar-refractivity contribution in [3.05, 3.63) is 76.2 Å². The maximum Gasteiger partial charge on any atom is 0.314 e. The van der Waals surface area contributed by atoms with E-state index in [-0.39, 0.29) is 12.2 Å². The molecular weight excluding hydrogens is 353 g/mol. The maximum absolute atomic E-state index is 13.2. The van der Waals surface area contributed by atoms with Crippen LogP contribution in [0.4, 0.5) is 15.8 Å². The van der Waals surface area contributed by atoms with Gasteiger partial charge in [0.1, 0.15) is 11.3 Å². The molecule has 0 bridgehead atoms. The van der Waals surface area contributed by atoms with Crippen molar-refractivity contribution >= 4 is 28.2 Å². The lowest BCUT2D eigenvalue weighted by atomic mass is 9.99. The van der Waals surface area contributed by atoms with Gasteiger partial charge in [0, 0.05) is 18.8 Å². The molecule has 27 heavy (non-hydrogen) atoms. The third-order valence-corrected chi connectivity index (χ3v) is 4.20. The van der Waals surface area contributed by atoms with Crippen LogP contribution in [0, 0.1) is 15.9 Å². The van der Waals surface area contributed by atoms with Crippen LogP contribution in [0.5, 0.6) is 0 Å². The Morgan fingerprint density at radius 1 is 1.26 bits per heavy atom. The summed E-state index contributed by atoms with van der Waals surface area (Å²) < 4.78 is 18.0. The van der Waals surface area contributed by atoms with Crippen molar-refractivity contribution < 1.29 is 18.8 Å². The second-order valence-electron chi connectivity index (χ2n) is 5.80. The van der Waals surface area contributed by atoms with E-state index < -0.39 is 22.6 Å². The molecule has 0 aliphatic rings. The summed E-state index contributed by atoms with van der Waals surface area (Å²) in [6.45, 7) is 0.155. The number of nitrogens with zero attached hydrogens (tertiary/aromatic N) is 2. The number of nitrogens with one attached hydrogen (secondary N) is 1. The van der Waals surface area contributed by atoms with Crippen molar-refractivity contribution in [2.24, 2.45) is 0 Å². The number of pyridine rings is 1. The molecule has 0 radical (unpaired) electrons. The summed E-state index contributed by atoms with van der Waals surface area (Å²) in [5.41, 5.74) is 1.52. The molecule has 1 atom stereocenters. The maximum atomic E-state index is 13.2. The SMILES string of the molecule is COC(=O)C(CNc1ccc([N+](=O)[O-])c2cccnc12)c1ccc(F)cc1. The highest BCUT2D eigenvalue weighted by molar-refractivity contribution is 5.96. The number of carbonyl (C=O) groups is 1. The first-order valence-electron chi connectivity index (χ1n) is 8.10. The van der Waals surface area contributed by atoms with Crippen LogP contribution in [0.15, 0.2) is 54.7 Å². The Hall–Kier alpha value is -3.55. The van der Waals surface area contributed by atoms with Crippen LogP contribution in [0.25, 0.3) is 10.9 Å². The van der Waals surface area contributed by atoms with E-state index in [2.05, 4.69) is 10.3 Å². The average molecular weight is 369 g/mol. The van der Waals surface area contributed by atoms with Crippen molar-refractivity contribution in [2.45, 2.75) is 5.92 Å². The third-order valence-electron chi connectivity index (χ3n) is 4.20. The average Bonchev–Trinajstić information content (AvgIpc) is 2.68. The van der Waals surface area contributed by atoms with Crippen LogP contribution in [0.1, 0.15) is 11.5 Å². The molecule has 0 fully saturated rings. The number of aromatic nitrogens is 1. The number of carbonyl (C=O) groups excluding carboxylic acids is 1. The van der Waals surface area contributed by atoms with Crippen LogP contribution in [-0.2, 0) is 9.53 Å². The number of hydrogen-bond acceptors (Lipinski definition) is 6. The fraction of sp³-hybridized carbons (Fsp3) is 0.158. The predicted octanol–water partition coefficient (Wildman–Crippen LogP) is 3.65. The number of hydrogen-bond donors (Lipinski definition) is 1. The van der Waals surface area contributed by atoms with Crippen molar-refractivity contribution in [3.63, 3.8) is 0 Å². The molecule has 1 unspecified atom stereocenters. The molecule has 1 aromatic heterocycles. The summed E-state index contributed by atoms with van der Waals surface area (Å²) >= 11 is 0. The Morgan fingerprint density at radius 2 is 2.00 bits per heavy atom. The first-order valence-corrected chi connectivity index (χ1v) is 8.10. The highest BCUT2D eigenvalue weighted by atomic mass is 19.1. The summed E-state index contributed by atoms with van der Waals surface area (Å²) in [5, 5.41) is 14.7. The number of nitro benzene ring substituents is 1. The standard InChI is InChI=1S/C19H16FN3O4/c1-27-19(24)15(12-4-6-13(20)7-5-12)11-22-16-8-9-17(23(25)26)14-3-2-10-21-18(14)16/h2-10,15,22H,11H2,1H3. The normalized spacial score (nSPS) is 11.8. The van der Waals surface area contributed by atoms with Crippen LogP contribution < -0.4 is 5.32 Å². The number of esters is 1. The highest BCUT2D eigenvalue weighted by Crippen LogP contribution is 2.30. The van der Waals surface area contributed by atoms with Gasteiger partial charge >= 0.3 is 5.97 Å². The Morgan fingerprint density at radius 3 is 2.67 bits per heavy atom. The van der Waals surface area contributed by atoms with E-state index in [0.717, 1.165) is 0 Å². The van der Waals surface area contributed by atoms with Crippen LogP contribution >= 0.6 is 0 Å². The number of anilines is 1. The molecule has 8 heteroatoms. The molecule has 0 spiro atoms. The van der Waals surface area contributed by atoms with Gasteiger partial charge < -0.3 is 10.1 Å². The van der Waals surface area contributed by atoms with Crippen molar-refractivity contribution in [1.29, 1.82) is 0 Å². The van der Waals surface area contributed by atoms with E-state index >= 15 is 0 Å². The molecular formula is C19H16FN3O4. The molecule has 0 amide bonds. The highest BCUT2D eigenvalue weighted by Gasteiger charge is 2.22. The van der Waals surface area contributed by atoms with Crippen molar-refractivity contribution in [2.75, 3.05) is 19.0 Å². The first-order chi connectivity index (χ1) is 13.0. The Balaban J connectivity index is 1.92. The summed E-state index contributed by atoms with van der Waals surface area (Å²) in [7, 11) is 1.28. The van der Waals surface area contributed by atoms with E-state index in [0.29, 0.717) is 22.2 Å². The minimum absolute atomic E-state index is 0.0493. The Labute approximate surface area is 153 Å². The zero-order valence-corrected chi connectivity index (χ0v) is 14.4. The quantitative estimate of drug-likeness (QED) is 0.405. The molecule has 3 aromatic rings. The molecule has 3 rings (SSSR count). The lowest BCUT2D eigenvalue weighted by Gasteiger charge is -2.17. The second kappa shape index (κ2) is 7.77. The smallest absolute Gasteiger partial charge is 0.314 e. The van der Waals surface area contributed by atoms with Crippen molar-refractivity contribution in [1.82, 2.24) is 4.98 Å². The summed E-state index contributed by atoms with van der Waals surface area (Å²) in [5.74, 6) is -1.56. The molecule has 0 aliphatic carbocycles. The Kier molecular flexibility index (Phi) is 5.25. The van der Waals surface area contributed by atoms with Gasteiger partial charge in [-0.2, -0.15) is 0 Å². The number of benzene rings is 2. The second-order valence-corrected chi connectivity index (χ2v) is 5.80. The molecule has 0 saturated heterocycles. The zero-order chi connectivity index (χ0) is 19.4. The number of fused-ring (bicyclic) bond motifs is 1. The van der Waals surface area contributed by atoms with E-state index in [1.54, 1.807) is 18.2 Å². The Bertz CT molecular complexity index is 992. The van der Waals surface area contributed by atoms with Gasteiger partial charge in [0.05, 0.1) is 29.0 Å². The van der Waals surface area contributed by atoms with Crippen molar-refractivity contribution in [3.8, 4) is 0 Å². The molecule has 0 aliphatic heterocycles. The monoisotopic (exact) mass is 369 g/mol. The van der Waals surface area contributed by atoms with E-state index in [9.17, 15) is 19.3 Å². The summed E-state index contributed by atoms with van der Waals surface area (Å²) in [6, 6.07) is 11.7. The number of non-ortho nitro benzene ring substituents is 1. The predicted molar refractivity (Wildman–Crippen MR) is 98.0 cm³/mol. The van der Waals surface area contributed by atoms with Crippen LogP contribution in [0.2, 0.25) is 0 Å². The molecule has 1 heterocycles. The number of nitro groups is 1. The summed E-state index contributed by atoms with van der Waals surface area (Å²) in [6.07, 6.45) is 1.54. The van der Waals surface area contributed by atoms with E-state index in [1.807, 2.05) is 0 Å². The van der Waals surface area contributed by atoms with Crippen LogP contribution in [-0.4, -0.2) is 29.5 Å². The van der Waals surface area contributed by atoms with Gasteiger partial charge in [-0.05, 0) is 35.9 Å². The van der Waals surface area contributed by atoms with E-state index in [1.165, 1.54) is 43.6 Å². The number of rotatable bonds is 6. The molecule has 1 N–H and O–H groups in total. The zero-order valence-electron chi connectivity index (χ0n) is 14.4. The molecule has 2 aromatic carbocycles. The van der Waals surface area contributed by atoms with Gasteiger partial charge in [-0.3, -0.25) is 19.9 Å². The fourth-order valence-electron chi connectivity index (χ4n) is 2.85. The molecule has 138 valence electrons. The first kappa shape index (κ1) is 18.2. The van der Waals surface area contributed by atoms with Gasteiger partial charge in [0.15, 0.2) is 0 Å². The largest absolute Gasteiger partial charge is 0.468 e. The minimum Gasteiger partial charge on any atom is -0.468 e. The van der Waals surface area contributed by atoms with Gasteiger partial charge in [-0.25, -0.2) is 4.39 Å². The van der Waals surface area contributed by atoms with Gasteiger partial charge in [-0.15, -0.1) is 0 Å².